The van der Waals surface area contributed by atoms with Crippen LogP contribution in [0, 0.1) is 18.8 Å². The fourth-order valence-corrected chi connectivity index (χ4v) is 3.19. The van der Waals surface area contributed by atoms with Gasteiger partial charge in [0.25, 0.3) is 0 Å². The van der Waals surface area contributed by atoms with Crippen LogP contribution in [-0.4, -0.2) is 50.7 Å². The third kappa shape index (κ3) is 2.97. The van der Waals surface area contributed by atoms with Gasteiger partial charge in [0, 0.05) is 32.1 Å². The Kier molecular flexibility index (Phi) is 4.01. The van der Waals surface area contributed by atoms with E-state index in [-0.39, 0.29) is 11.8 Å². The van der Waals surface area contributed by atoms with Crippen molar-refractivity contribution in [2.45, 2.75) is 6.92 Å². The Balaban J connectivity index is 1.50. The normalized spacial score (nSPS) is 24.8. The molecule has 2 aliphatic rings. The van der Waals surface area contributed by atoms with Crippen molar-refractivity contribution in [1.29, 1.82) is 0 Å². The molecule has 0 unspecified atom stereocenters. The summed E-state index contributed by atoms with van der Waals surface area (Å²) in [6.45, 7) is 6.15. The van der Waals surface area contributed by atoms with Crippen LogP contribution >= 0.6 is 0 Å². The minimum Gasteiger partial charge on any atom is -0.493 e. The maximum absolute atomic E-state index is 11.6. The molecule has 0 bridgehead atoms. The first-order valence-electron chi connectivity index (χ1n) is 7.45. The van der Waals surface area contributed by atoms with Crippen LogP contribution in [0.5, 0.6) is 11.5 Å². The zero-order chi connectivity index (χ0) is 14.8. The number of nitrogens with one attached hydrogen (secondary N) is 1. The molecule has 1 aromatic rings. The minimum absolute atomic E-state index is 0.180. The molecule has 0 radical (unpaired) electrons. The van der Waals surface area contributed by atoms with E-state index in [1.54, 1.807) is 7.11 Å². The molecule has 3 rings (SSSR count). The SMILES string of the molecule is COc1cc(C)ccc1OCCN1C[C@@H]2CNC(=O)[C@@H]2C1. The standard InChI is InChI=1S/C16H22N2O3/c1-11-3-4-14(15(7-11)20-2)21-6-5-18-9-12-8-17-16(19)13(12)10-18/h3-4,7,12-13H,5-6,8-10H2,1-2H3,(H,17,19)/t12-,13+/m0/s1. The van der Waals surface area contributed by atoms with Gasteiger partial charge >= 0.3 is 0 Å². The number of amides is 1. The van der Waals surface area contributed by atoms with Crippen LogP contribution in [0.1, 0.15) is 5.56 Å². The van der Waals surface area contributed by atoms with Crippen molar-refractivity contribution in [1.82, 2.24) is 10.2 Å². The topological polar surface area (TPSA) is 50.8 Å². The van der Waals surface area contributed by atoms with Gasteiger partial charge in [0.05, 0.1) is 13.0 Å². The number of aryl methyl sites for hydroxylation is 1. The first-order chi connectivity index (χ1) is 10.2. The van der Waals surface area contributed by atoms with Crippen molar-refractivity contribution in [3.8, 4) is 11.5 Å². The molecule has 0 saturated carbocycles. The number of nitrogens with zero attached hydrogens (tertiary/aromatic N) is 1. The Morgan fingerprint density at radius 1 is 1.33 bits per heavy atom. The monoisotopic (exact) mass is 290 g/mol. The molecule has 1 N–H and O–H groups in total. The van der Waals surface area contributed by atoms with Gasteiger partial charge < -0.3 is 14.8 Å². The Morgan fingerprint density at radius 2 is 2.19 bits per heavy atom. The van der Waals surface area contributed by atoms with E-state index < -0.39 is 0 Å². The second-order valence-electron chi connectivity index (χ2n) is 5.87. The summed E-state index contributed by atoms with van der Waals surface area (Å²) in [5, 5.41) is 2.93. The fourth-order valence-electron chi connectivity index (χ4n) is 3.19. The van der Waals surface area contributed by atoms with Gasteiger partial charge in [0.2, 0.25) is 5.91 Å². The van der Waals surface area contributed by atoms with Crippen LogP contribution in [0.2, 0.25) is 0 Å². The molecule has 2 heterocycles. The number of hydrogen-bond acceptors (Lipinski definition) is 4. The average molecular weight is 290 g/mol. The van der Waals surface area contributed by atoms with Crippen molar-refractivity contribution >= 4 is 5.91 Å². The van der Waals surface area contributed by atoms with Gasteiger partial charge in [0.1, 0.15) is 6.61 Å². The van der Waals surface area contributed by atoms with E-state index in [9.17, 15) is 4.79 Å². The molecule has 2 atom stereocenters. The Bertz CT molecular complexity index is 532. The third-order valence-electron chi connectivity index (χ3n) is 4.38. The second-order valence-corrected chi connectivity index (χ2v) is 5.87. The molecular weight excluding hydrogens is 268 g/mol. The second kappa shape index (κ2) is 5.93. The number of methoxy groups -OCH3 is 1. The molecule has 2 saturated heterocycles. The molecule has 0 aromatic heterocycles. The maximum atomic E-state index is 11.6. The fraction of sp³-hybridized carbons (Fsp3) is 0.562. The summed E-state index contributed by atoms with van der Waals surface area (Å²) in [5.41, 5.74) is 1.15. The minimum atomic E-state index is 0.180. The van der Waals surface area contributed by atoms with Gasteiger partial charge in [-0.15, -0.1) is 0 Å². The van der Waals surface area contributed by atoms with Gasteiger partial charge in [-0.3, -0.25) is 9.69 Å². The molecule has 2 fully saturated rings. The number of carbonyl (C=O) groups is 1. The lowest BCUT2D eigenvalue weighted by Crippen LogP contribution is -2.31. The number of carbonyl (C=O) groups excluding carboxylic acids is 1. The smallest absolute Gasteiger partial charge is 0.224 e. The molecule has 2 aliphatic heterocycles. The summed E-state index contributed by atoms with van der Waals surface area (Å²) in [6, 6.07) is 5.93. The van der Waals surface area contributed by atoms with E-state index in [0.717, 1.165) is 43.2 Å². The summed E-state index contributed by atoms with van der Waals surface area (Å²) >= 11 is 0. The van der Waals surface area contributed by atoms with Gasteiger partial charge in [-0.2, -0.15) is 0 Å². The predicted molar refractivity (Wildman–Crippen MR) is 79.7 cm³/mol. The van der Waals surface area contributed by atoms with Crippen molar-refractivity contribution in [3.05, 3.63) is 23.8 Å². The lowest BCUT2D eigenvalue weighted by molar-refractivity contribution is -0.122. The summed E-state index contributed by atoms with van der Waals surface area (Å²) < 4.78 is 11.2. The number of likely N-dealkylation sites (tertiary alicyclic amines) is 1. The van der Waals surface area contributed by atoms with Gasteiger partial charge in [-0.25, -0.2) is 0 Å². The molecule has 5 nitrogen and oxygen atoms in total. The summed E-state index contributed by atoms with van der Waals surface area (Å²) in [5.74, 6) is 2.42. The summed E-state index contributed by atoms with van der Waals surface area (Å²) in [6.07, 6.45) is 0. The number of ether oxygens (including phenoxy) is 2. The molecule has 5 heteroatoms. The highest BCUT2D eigenvalue weighted by Crippen LogP contribution is 2.29. The summed E-state index contributed by atoms with van der Waals surface area (Å²) in [7, 11) is 1.65. The first kappa shape index (κ1) is 14.2. The highest BCUT2D eigenvalue weighted by molar-refractivity contribution is 5.81. The van der Waals surface area contributed by atoms with Crippen molar-refractivity contribution < 1.29 is 14.3 Å². The molecule has 114 valence electrons. The van der Waals surface area contributed by atoms with Gasteiger partial charge in [-0.05, 0) is 24.6 Å². The van der Waals surface area contributed by atoms with E-state index in [0.29, 0.717) is 12.5 Å². The molecule has 0 aliphatic carbocycles. The Hall–Kier alpha value is -1.75. The van der Waals surface area contributed by atoms with Crippen LogP contribution in [-0.2, 0) is 4.79 Å². The van der Waals surface area contributed by atoms with Crippen molar-refractivity contribution in [3.63, 3.8) is 0 Å². The largest absolute Gasteiger partial charge is 0.493 e. The van der Waals surface area contributed by atoms with Crippen molar-refractivity contribution in [2.75, 3.05) is 39.9 Å². The zero-order valence-electron chi connectivity index (χ0n) is 12.6. The lowest BCUT2D eigenvalue weighted by Gasteiger charge is -2.18. The maximum Gasteiger partial charge on any atom is 0.224 e. The zero-order valence-corrected chi connectivity index (χ0v) is 12.6. The van der Waals surface area contributed by atoms with E-state index in [1.807, 2.05) is 25.1 Å². The molecule has 1 amide bonds. The van der Waals surface area contributed by atoms with Crippen LogP contribution < -0.4 is 14.8 Å². The van der Waals surface area contributed by atoms with E-state index >= 15 is 0 Å². The molecule has 1 aromatic carbocycles. The molecule has 21 heavy (non-hydrogen) atoms. The quantitative estimate of drug-likeness (QED) is 0.881. The van der Waals surface area contributed by atoms with Gasteiger partial charge in [-0.1, -0.05) is 6.07 Å². The highest BCUT2D eigenvalue weighted by Gasteiger charge is 2.41. The van der Waals surface area contributed by atoms with Crippen molar-refractivity contribution in [2.24, 2.45) is 11.8 Å². The van der Waals surface area contributed by atoms with Crippen LogP contribution in [0.25, 0.3) is 0 Å². The predicted octanol–water partition coefficient (Wildman–Crippen LogP) is 1.06. The Morgan fingerprint density at radius 3 is 2.95 bits per heavy atom. The number of fused-ring (bicyclic) bond motifs is 1. The number of rotatable bonds is 5. The van der Waals surface area contributed by atoms with E-state index in [4.69, 9.17) is 9.47 Å². The van der Waals surface area contributed by atoms with E-state index in [2.05, 4.69) is 10.2 Å². The van der Waals surface area contributed by atoms with E-state index in [1.165, 1.54) is 0 Å². The highest BCUT2D eigenvalue weighted by atomic mass is 16.5. The molecule has 0 spiro atoms. The van der Waals surface area contributed by atoms with Gasteiger partial charge in [0.15, 0.2) is 11.5 Å². The third-order valence-corrected chi connectivity index (χ3v) is 4.38. The lowest BCUT2D eigenvalue weighted by atomic mass is 10.0. The van der Waals surface area contributed by atoms with Crippen LogP contribution in [0.4, 0.5) is 0 Å². The number of benzene rings is 1. The Labute approximate surface area is 125 Å². The average Bonchev–Trinajstić information content (AvgIpc) is 3.03. The van der Waals surface area contributed by atoms with Crippen LogP contribution in [0.3, 0.4) is 0 Å². The molecular formula is C16H22N2O3. The number of hydrogen-bond donors (Lipinski definition) is 1. The first-order valence-corrected chi connectivity index (χ1v) is 7.45. The summed E-state index contributed by atoms with van der Waals surface area (Å²) in [4.78, 5) is 13.9. The van der Waals surface area contributed by atoms with Crippen LogP contribution in [0.15, 0.2) is 18.2 Å².